The Morgan fingerprint density at radius 3 is 2.87 bits per heavy atom. The molecule has 1 saturated heterocycles. The maximum atomic E-state index is 9.83. The molecule has 2 aromatic rings. The van der Waals surface area contributed by atoms with Crippen LogP contribution in [0.5, 0.6) is 5.75 Å². The van der Waals surface area contributed by atoms with E-state index in [1.807, 2.05) is 30.5 Å². The van der Waals surface area contributed by atoms with Crippen LogP contribution in [0.1, 0.15) is 24.2 Å². The zero-order valence-corrected chi connectivity index (χ0v) is 18.2. The Morgan fingerprint density at radius 2 is 2.13 bits per heavy atom. The molecule has 1 aromatic heterocycles. The van der Waals surface area contributed by atoms with Crippen molar-refractivity contribution in [2.45, 2.75) is 38.1 Å². The standard InChI is InChI=1S/C22H27ClN6O2/c1-31-19-6-5-16(12-18(19)23)13-27-21-7-10-26-22(28-11-2-4-17(28)15-30)29(21)14-20-24-8-3-9-25-20/h3,5-10,12,17,21,27,30H,2,4,11,13-15H2,1H3/t17-,21?/m0/s1. The summed E-state index contributed by atoms with van der Waals surface area (Å²) in [5, 5.41) is 14.0. The summed E-state index contributed by atoms with van der Waals surface area (Å²) in [5.74, 6) is 2.20. The van der Waals surface area contributed by atoms with Gasteiger partial charge >= 0.3 is 0 Å². The van der Waals surface area contributed by atoms with Gasteiger partial charge in [-0.1, -0.05) is 17.7 Å². The summed E-state index contributed by atoms with van der Waals surface area (Å²) in [5.41, 5.74) is 1.05. The lowest BCUT2D eigenvalue weighted by molar-refractivity contribution is 0.180. The molecule has 1 fully saturated rings. The number of guanidine groups is 1. The highest BCUT2D eigenvalue weighted by Crippen LogP contribution is 2.26. The first-order valence-electron chi connectivity index (χ1n) is 10.4. The summed E-state index contributed by atoms with van der Waals surface area (Å²) in [6, 6.07) is 7.65. The van der Waals surface area contributed by atoms with Gasteiger partial charge in [-0.25, -0.2) is 15.0 Å². The second-order valence-corrected chi connectivity index (χ2v) is 7.94. The largest absolute Gasteiger partial charge is 0.495 e. The van der Waals surface area contributed by atoms with Gasteiger partial charge in [0.15, 0.2) is 0 Å². The lowest BCUT2D eigenvalue weighted by atomic mass is 10.2. The molecular weight excluding hydrogens is 416 g/mol. The molecule has 31 heavy (non-hydrogen) atoms. The van der Waals surface area contributed by atoms with Crippen LogP contribution >= 0.6 is 11.6 Å². The van der Waals surface area contributed by atoms with Crippen LogP contribution in [0.2, 0.25) is 5.02 Å². The van der Waals surface area contributed by atoms with Crippen molar-refractivity contribution < 1.29 is 9.84 Å². The van der Waals surface area contributed by atoms with Crippen molar-refractivity contribution in [3.8, 4) is 5.75 Å². The molecule has 1 unspecified atom stereocenters. The molecule has 0 aliphatic carbocycles. The molecule has 0 bridgehead atoms. The fourth-order valence-corrected chi connectivity index (χ4v) is 4.26. The number of aliphatic hydroxyl groups is 1. The molecule has 0 amide bonds. The van der Waals surface area contributed by atoms with Gasteiger partial charge in [0.1, 0.15) is 17.7 Å². The number of nitrogens with zero attached hydrogens (tertiary/aromatic N) is 5. The minimum atomic E-state index is -0.114. The molecule has 3 heterocycles. The predicted octanol–water partition coefficient (Wildman–Crippen LogP) is 2.40. The molecule has 2 aliphatic heterocycles. The first kappa shape index (κ1) is 21.5. The number of halogens is 1. The van der Waals surface area contributed by atoms with Crippen LogP contribution < -0.4 is 10.1 Å². The first-order valence-corrected chi connectivity index (χ1v) is 10.8. The van der Waals surface area contributed by atoms with Crippen LogP contribution in [-0.2, 0) is 13.1 Å². The third-order valence-electron chi connectivity index (χ3n) is 5.56. The van der Waals surface area contributed by atoms with E-state index in [9.17, 15) is 5.11 Å². The third-order valence-corrected chi connectivity index (χ3v) is 5.85. The molecule has 1 aromatic carbocycles. The van der Waals surface area contributed by atoms with Crippen molar-refractivity contribution in [2.24, 2.45) is 4.99 Å². The normalized spacial score (nSPS) is 20.8. The van der Waals surface area contributed by atoms with E-state index < -0.39 is 0 Å². The average molecular weight is 443 g/mol. The monoisotopic (exact) mass is 442 g/mol. The van der Waals surface area contributed by atoms with Crippen molar-refractivity contribution in [1.82, 2.24) is 25.1 Å². The van der Waals surface area contributed by atoms with Crippen molar-refractivity contribution in [2.75, 3.05) is 20.3 Å². The van der Waals surface area contributed by atoms with E-state index in [0.29, 0.717) is 29.7 Å². The van der Waals surface area contributed by atoms with E-state index in [1.54, 1.807) is 25.6 Å². The van der Waals surface area contributed by atoms with Gasteiger partial charge in [0.2, 0.25) is 5.96 Å². The Balaban J connectivity index is 1.54. The lowest BCUT2D eigenvalue weighted by Crippen LogP contribution is -2.55. The Labute approximate surface area is 187 Å². The minimum Gasteiger partial charge on any atom is -0.495 e. The molecule has 0 saturated carbocycles. The summed E-state index contributed by atoms with van der Waals surface area (Å²) in [7, 11) is 1.61. The van der Waals surface area contributed by atoms with Gasteiger partial charge in [0, 0.05) is 31.7 Å². The molecular formula is C22H27ClN6O2. The average Bonchev–Trinajstić information content (AvgIpc) is 3.28. The maximum Gasteiger partial charge on any atom is 0.203 e. The fraction of sp³-hybridized carbons (Fsp3) is 0.409. The highest BCUT2D eigenvalue weighted by Gasteiger charge is 2.33. The first-order chi connectivity index (χ1) is 15.2. The highest BCUT2D eigenvalue weighted by molar-refractivity contribution is 6.32. The molecule has 164 valence electrons. The second kappa shape index (κ2) is 10.1. The number of aliphatic imine (C=N–C) groups is 1. The van der Waals surface area contributed by atoms with E-state index in [-0.39, 0.29) is 18.8 Å². The van der Waals surface area contributed by atoms with E-state index in [4.69, 9.17) is 16.3 Å². The number of rotatable bonds is 7. The quantitative estimate of drug-likeness (QED) is 0.680. The number of nitrogens with one attached hydrogen (secondary N) is 1. The molecule has 2 N–H and O–H groups in total. The number of benzene rings is 1. The molecule has 2 aliphatic rings. The summed E-state index contributed by atoms with van der Waals surface area (Å²) in [6.45, 7) is 2.09. The Hall–Kier alpha value is -2.68. The number of likely N-dealkylation sites (tertiary alicyclic amines) is 1. The molecule has 0 radical (unpaired) electrons. The summed E-state index contributed by atoms with van der Waals surface area (Å²) in [6.07, 6.45) is 9.20. The molecule has 2 atom stereocenters. The van der Waals surface area contributed by atoms with Gasteiger partial charge in [-0.05, 0) is 42.7 Å². The SMILES string of the molecule is COc1ccc(CNC2C=CN=C(N3CCC[C@H]3CO)N2Cc2ncccn2)cc1Cl. The van der Waals surface area contributed by atoms with Gasteiger partial charge in [-0.3, -0.25) is 5.32 Å². The summed E-state index contributed by atoms with van der Waals surface area (Å²) in [4.78, 5) is 17.8. The number of ether oxygens (including phenoxy) is 1. The molecule has 9 heteroatoms. The Morgan fingerprint density at radius 1 is 1.29 bits per heavy atom. The van der Waals surface area contributed by atoms with Crippen LogP contribution in [0.25, 0.3) is 0 Å². The Kier molecular flexibility index (Phi) is 7.01. The number of aromatic nitrogens is 2. The molecule has 8 nitrogen and oxygen atoms in total. The zero-order valence-electron chi connectivity index (χ0n) is 17.5. The van der Waals surface area contributed by atoms with Crippen molar-refractivity contribution in [3.63, 3.8) is 0 Å². The lowest BCUT2D eigenvalue weighted by Gasteiger charge is -2.40. The van der Waals surface area contributed by atoms with E-state index in [1.165, 1.54) is 0 Å². The van der Waals surface area contributed by atoms with Crippen molar-refractivity contribution >= 4 is 17.6 Å². The van der Waals surface area contributed by atoms with Gasteiger partial charge in [0.05, 0.1) is 31.3 Å². The number of hydrogen-bond donors (Lipinski definition) is 2. The minimum absolute atomic E-state index is 0.0745. The number of methoxy groups -OCH3 is 1. The third kappa shape index (κ3) is 4.98. The summed E-state index contributed by atoms with van der Waals surface area (Å²) >= 11 is 6.29. The maximum absolute atomic E-state index is 9.83. The van der Waals surface area contributed by atoms with Crippen LogP contribution in [0.4, 0.5) is 0 Å². The van der Waals surface area contributed by atoms with Gasteiger partial charge in [-0.15, -0.1) is 0 Å². The van der Waals surface area contributed by atoms with Crippen molar-refractivity contribution in [1.29, 1.82) is 0 Å². The van der Waals surface area contributed by atoms with E-state index in [0.717, 1.165) is 30.9 Å². The molecule has 0 spiro atoms. The number of hydrogen-bond acceptors (Lipinski definition) is 8. The Bertz CT molecular complexity index is 939. The highest BCUT2D eigenvalue weighted by atomic mass is 35.5. The smallest absolute Gasteiger partial charge is 0.203 e. The fourth-order valence-electron chi connectivity index (χ4n) is 3.98. The topological polar surface area (TPSA) is 86.1 Å². The van der Waals surface area contributed by atoms with Gasteiger partial charge < -0.3 is 19.6 Å². The zero-order chi connectivity index (χ0) is 21.6. The molecule has 4 rings (SSSR count). The predicted molar refractivity (Wildman–Crippen MR) is 120 cm³/mol. The van der Waals surface area contributed by atoms with Crippen LogP contribution in [0.3, 0.4) is 0 Å². The van der Waals surface area contributed by atoms with E-state index >= 15 is 0 Å². The second-order valence-electron chi connectivity index (χ2n) is 7.53. The van der Waals surface area contributed by atoms with Crippen molar-refractivity contribution in [3.05, 3.63) is 65.3 Å². The van der Waals surface area contributed by atoms with Gasteiger partial charge in [-0.2, -0.15) is 0 Å². The van der Waals surface area contributed by atoms with Crippen LogP contribution in [0, 0.1) is 0 Å². The number of aliphatic hydroxyl groups excluding tert-OH is 1. The van der Waals surface area contributed by atoms with Crippen LogP contribution in [-0.4, -0.2) is 63.3 Å². The van der Waals surface area contributed by atoms with Gasteiger partial charge in [0.25, 0.3) is 0 Å². The van der Waals surface area contributed by atoms with E-state index in [2.05, 4.69) is 30.1 Å². The van der Waals surface area contributed by atoms with Crippen LogP contribution in [0.15, 0.2) is 53.9 Å². The summed E-state index contributed by atoms with van der Waals surface area (Å²) < 4.78 is 5.24.